The molecule has 1 saturated carbocycles. The topological polar surface area (TPSA) is 67.6 Å². The maximum absolute atomic E-state index is 9.33. The van der Waals surface area contributed by atoms with E-state index in [0.717, 1.165) is 18.4 Å². The monoisotopic (exact) mass is 252 g/mol. The van der Waals surface area contributed by atoms with Crippen molar-refractivity contribution in [1.82, 2.24) is 9.78 Å². The zero-order chi connectivity index (χ0) is 13.2. The third-order valence-corrected chi connectivity index (χ3v) is 3.78. The van der Waals surface area contributed by atoms with Crippen molar-refractivity contribution in [1.29, 1.82) is 5.26 Å². The fourth-order valence-corrected chi connectivity index (χ4v) is 2.78. The first-order valence-electron chi connectivity index (χ1n) is 6.64. The third kappa shape index (κ3) is 1.97. The van der Waals surface area contributed by atoms with Crippen LogP contribution >= 0.6 is 0 Å². The van der Waals surface area contributed by atoms with Gasteiger partial charge in [0.05, 0.1) is 6.04 Å². The molecular weight excluding hydrogens is 236 g/mol. The van der Waals surface area contributed by atoms with Gasteiger partial charge in [-0.1, -0.05) is 43.2 Å². The second kappa shape index (κ2) is 4.77. The summed E-state index contributed by atoms with van der Waals surface area (Å²) in [5.74, 6) is 0.508. The van der Waals surface area contributed by atoms with Crippen LogP contribution < -0.4 is 5.73 Å². The number of aromatic nitrogens is 2. The van der Waals surface area contributed by atoms with Crippen LogP contribution in [0.5, 0.6) is 0 Å². The van der Waals surface area contributed by atoms with Gasteiger partial charge in [-0.2, -0.15) is 10.4 Å². The summed E-state index contributed by atoms with van der Waals surface area (Å²) in [4.78, 5) is 0. The van der Waals surface area contributed by atoms with E-state index in [4.69, 9.17) is 5.73 Å². The number of nitrogens with zero attached hydrogens (tertiary/aromatic N) is 3. The predicted octanol–water partition coefficient (Wildman–Crippen LogP) is 3.12. The van der Waals surface area contributed by atoms with E-state index in [-0.39, 0.29) is 0 Å². The van der Waals surface area contributed by atoms with Gasteiger partial charge in [-0.3, -0.25) is 0 Å². The molecule has 3 rings (SSSR count). The average molecular weight is 252 g/mol. The second-order valence-corrected chi connectivity index (χ2v) is 4.97. The molecule has 0 radical (unpaired) electrons. The van der Waals surface area contributed by atoms with E-state index in [9.17, 15) is 5.26 Å². The van der Waals surface area contributed by atoms with Crippen molar-refractivity contribution in [3.63, 3.8) is 0 Å². The lowest BCUT2D eigenvalue weighted by atomic mass is 10.1. The lowest BCUT2D eigenvalue weighted by Gasteiger charge is -2.11. The third-order valence-electron chi connectivity index (χ3n) is 3.78. The second-order valence-electron chi connectivity index (χ2n) is 4.97. The van der Waals surface area contributed by atoms with E-state index in [1.54, 1.807) is 0 Å². The first kappa shape index (κ1) is 11.8. The quantitative estimate of drug-likeness (QED) is 0.892. The molecule has 19 heavy (non-hydrogen) atoms. The maximum atomic E-state index is 9.33. The van der Waals surface area contributed by atoms with Crippen LogP contribution in [0.1, 0.15) is 37.3 Å². The van der Waals surface area contributed by atoms with E-state index < -0.39 is 0 Å². The van der Waals surface area contributed by atoms with Gasteiger partial charge < -0.3 is 5.73 Å². The highest BCUT2D eigenvalue weighted by molar-refractivity contribution is 5.72. The summed E-state index contributed by atoms with van der Waals surface area (Å²) in [5, 5.41) is 13.9. The first-order chi connectivity index (χ1) is 9.31. The van der Waals surface area contributed by atoms with Crippen molar-refractivity contribution >= 4 is 5.82 Å². The molecule has 0 unspecified atom stereocenters. The molecule has 1 heterocycles. The summed E-state index contributed by atoms with van der Waals surface area (Å²) < 4.78 is 1.86. The number of hydrogen-bond acceptors (Lipinski definition) is 3. The summed E-state index contributed by atoms with van der Waals surface area (Å²) in [5.41, 5.74) is 8.26. The van der Waals surface area contributed by atoms with Crippen molar-refractivity contribution in [3.8, 4) is 17.3 Å². The minimum atomic E-state index is 0.351. The van der Waals surface area contributed by atoms with Gasteiger partial charge in [0.25, 0.3) is 0 Å². The summed E-state index contributed by atoms with van der Waals surface area (Å²) in [6.07, 6.45) is 4.63. The summed E-state index contributed by atoms with van der Waals surface area (Å²) in [6, 6.07) is 12.3. The van der Waals surface area contributed by atoms with Crippen molar-refractivity contribution in [2.24, 2.45) is 0 Å². The molecule has 2 N–H and O–H groups in total. The maximum Gasteiger partial charge on any atom is 0.140 e. The van der Waals surface area contributed by atoms with Crippen LogP contribution in [0.4, 0.5) is 5.82 Å². The van der Waals surface area contributed by atoms with Gasteiger partial charge in [-0.05, 0) is 12.8 Å². The highest BCUT2D eigenvalue weighted by atomic mass is 15.3. The van der Waals surface area contributed by atoms with Gasteiger partial charge in [-0.15, -0.1) is 0 Å². The highest BCUT2D eigenvalue weighted by Crippen LogP contribution is 2.35. The van der Waals surface area contributed by atoms with Crippen LogP contribution in [-0.2, 0) is 0 Å². The average Bonchev–Trinajstić information content (AvgIpc) is 3.07. The van der Waals surface area contributed by atoms with Crippen LogP contribution in [0, 0.1) is 11.3 Å². The van der Waals surface area contributed by atoms with Gasteiger partial charge in [0.2, 0.25) is 0 Å². The minimum absolute atomic E-state index is 0.351. The van der Waals surface area contributed by atoms with Crippen molar-refractivity contribution in [3.05, 3.63) is 35.9 Å². The fourth-order valence-electron chi connectivity index (χ4n) is 2.78. The molecule has 1 aromatic carbocycles. The zero-order valence-corrected chi connectivity index (χ0v) is 10.7. The standard InChI is InChI=1S/C15H16N4/c16-10-13-14(11-6-2-1-3-7-11)18-19(15(13)17)12-8-4-5-9-12/h1-3,6-7,12H,4-5,8-9,17H2. The van der Waals surface area contributed by atoms with Gasteiger partial charge in [0.15, 0.2) is 0 Å². The van der Waals surface area contributed by atoms with Gasteiger partial charge in [0, 0.05) is 5.56 Å². The smallest absolute Gasteiger partial charge is 0.140 e. The molecule has 96 valence electrons. The number of nitrogen functional groups attached to an aromatic ring is 1. The molecule has 1 aliphatic carbocycles. The molecule has 1 aliphatic rings. The lowest BCUT2D eigenvalue weighted by Crippen LogP contribution is -2.10. The number of rotatable bonds is 2. The number of anilines is 1. The molecule has 4 heteroatoms. The normalized spacial score (nSPS) is 15.5. The Morgan fingerprint density at radius 2 is 1.89 bits per heavy atom. The Bertz CT molecular complexity index is 616. The van der Waals surface area contributed by atoms with Crippen molar-refractivity contribution in [2.45, 2.75) is 31.7 Å². The summed E-state index contributed by atoms with van der Waals surface area (Å²) >= 11 is 0. The SMILES string of the molecule is N#Cc1c(-c2ccccc2)nn(C2CCCC2)c1N. The van der Waals surface area contributed by atoms with Crippen LogP contribution in [0.2, 0.25) is 0 Å². The molecule has 1 fully saturated rings. The first-order valence-corrected chi connectivity index (χ1v) is 6.64. The molecule has 0 spiro atoms. The van der Waals surface area contributed by atoms with Crippen LogP contribution in [0.15, 0.2) is 30.3 Å². The Hall–Kier alpha value is -2.28. The van der Waals surface area contributed by atoms with E-state index in [1.165, 1.54) is 12.8 Å². The number of nitrogens with two attached hydrogens (primary N) is 1. The molecule has 0 bridgehead atoms. The Morgan fingerprint density at radius 1 is 1.21 bits per heavy atom. The Balaban J connectivity index is 2.10. The Labute approximate surface area is 112 Å². The Morgan fingerprint density at radius 3 is 2.53 bits per heavy atom. The number of nitriles is 1. The number of hydrogen-bond donors (Lipinski definition) is 1. The molecule has 0 saturated heterocycles. The van der Waals surface area contributed by atoms with Crippen molar-refractivity contribution in [2.75, 3.05) is 5.73 Å². The van der Waals surface area contributed by atoms with Crippen LogP contribution in [0.3, 0.4) is 0 Å². The molecule has 0 aliphatic heterocycles. The van der Waals surface area contributed by atoms with Crippen LogP contribution in [-0.4, -0.2) is 9.78 Å². The minimum Gasteiger partial charge on any atom is -0.383 e. The van der Waals surface area contributed by atoms with Gasteiger partial charge in [0.1, 0.15) is 23.1 Å². The van der Waals surface area contributed by atoms with Crippen molar-refractivity contribution < 1.29 is 0 Å². The van der Waals surface area contributed by atoms with Crippen LogP contribution in [0.25, 0.3) is 11.3 Å². The molecule has 0 atom stereocenters. The van der Waals surface area contributed by atoms with Gasteiger partial charge in [-0.25, -0.2) is 4.68 Å². The fraction of sp³-hybridized carbons (Fsp3) is 0.333. The lowest BCUT2D eigenvalue weighted by molar-refractivity contribution is 0.475. The Kier molecular flexibility index (Phi) is 2.96. The molecule has 0 amide bonds. The molecular formula is C15H16N4. The summed E-state index contributed by atoms with van der Waals surface area (Å²) in [6.45, 7) is 0. The van der Waals surface area contributed by atoms with E-state index in [0.29, 0.717) is 23.1 Å². The predicted molar refractivity (Wildman–Crippen MR) is 74.3 cm³/mol. The van der Waals surface area contributed by atoms with E-state index in [1.807, 2.05) is 35.0 Å². The van der Waals surface area contributed by atoms with E-state index in [2.05, 4.69) is 11.2 Å². The zero-order valence-electron chi connectivity index (χ0n) is 10.7. The summed E-state index contributed by atoms with van der Waals surface area (Å²) in [7, 11) is 0. The largest absolute Gasteiger partial charge is 0.383 e. The molecule has 1 aromatic heterocycles. The van der Waals surface area contributed by atoms with Gasteiger partial charge >= 0.3 is 0 Å². The van der Waals surface area contributed by atoms with E-state index >= 15 is 0 Å². The molecule has 4 nitrogen and oxygen atoms in total. The highest BCUT2D eigenvalue weighted by Gasteiger charge is 2.24. The molecule has 2 aromatic rings. The number of benzene rings is 1.